The maximum absolute atomic E-state index is 12.6. The van der Waals surface area contributed by atoms with Crippen LogP contribution in [-0.2, 0) is 32.7 Å². The summed E-state index contributed by atoms with van der Waals surface area (Å²) < 4.78 is 34.2. The summed E-state index contributed by atoms with van der Waals surface area (Å²) in [6, 6.07) is 0. The molecule has 0 aromatic heterocycles. The number of esters is 2. The molecule has 0 radical (unpaired) electrons. The van der Waals surface area contributed by atoms with E-state index in [0.717, 1.165) is 64.2 Å². The molecule has 1 N–H and O–H groups in total. The first-order valence-corrected chi connectivity index (χ1v) is 22.4. The standard InChI is InChI=1S/C43H78NO8P/c1-6-8-10-12-14-16-18-20-22-24-25-27-29-31-33-35-42(45)49-39-41(40-51-53(47,48)50-38-37-44(3,4)5)52-43(46)36-34-32-30-28-26-23-21-19-17-15-13-11-9-7-2/h14,16,19-22,25,27,41H,6-13,15,17-18,23-24,26,28-40H2,1-5H3/p+1/b16-14+,21-19+,22-20+,27-25+/t41-/m1/s1. The first kappa shape index (κ1) is 51.0. The Morgan fingerprint density at radius 3 is 1.60 bits per heavy atom. The minimum absolute atomic E-state index is 0.0227. The lowest BCUT2D eigenvalue weighted by Gasteiger charge is -2.24. The van der Waals surface area contributed by atoms with Gasteiger partial charge in [-0.3, -0.25) is 18.6 Å². The van der Waals surface area contributed by atoms with Gasteiger partial charge in [0.05, 0.1) is 27.7 Å². The molecule has 0 saturated heterocycles. The summed E-state index contributed by atoms with van der Waals surface area (Å²) in [5, 5.41) is 0. The molecule has 0 bridgehead atoms. The molecule has 1 unspecified atom stereocenters. The molecule has 0 rings (SSSR count). The van der Waals surface area contributed by atoms with Crippen LogP contribution in [0.25, 0.3) is 0 Å². The SMILES string of the molecule is CCCCC/C=C/C/C=C/C/C=C/CCCCC(=O)OC[C@H](COP(=O)(O)OCC[N+](C)(C)C)OC(=O)CCCCCCC/C=C/CCCCCCC. The Labute approximate surface area is 324 Å². The van der Waals surface area contributed by atoms with E-state index in [9.17, 15) is 19.0 Å². The van der Waals surface area contributed by atoms with E-state index in [2.05, 4.69) is 62.5 Å². The van der Waals surface area contributed by atoms with Gasteiger partial charge in [-0.2, -0.15) is 0 Å². The van der Waals surface area contributed by atoms with Crippen molar-refractivity contribution in [3.8, 4) is 0 Å². The molecule has 0 heterocycles. The average molecular weight is 769 g/mol. The maximum Gasteiger partial charge on any atom is 0.472 e. The van der Waals surface area contributed by atoms with Gasteiger partial charge in [-0.25, -0.2) is 4.57 Å². The predicted molar refractivity (Wildman–Crippen MR) is 220 cm³/mol. The Bertz CT molecular complexity index is 1050. The molecule has 308 valence electrons. The van der Waals surface area contributed by atoms with Crippen LogP contribution in [0.15, 0.2) is 48.6 Å². The van der Waals surface area contributed by atoms with Crippen molar-refractivity contribution in [2.24, 2.45) is 0 Å². The highest BCUT2D eigenvalue weighted by atomic mass is 31.2. The number of likely N-dealkylation sites (N-methyl/N-ethyl adjacent to an activating group) is 1. The lowest BCUT2D eigenvalue weighted by molar-refractivity contribution is -0.870. The zero-order valence-corrected chi connectivity index (χ0v) is 35.4. The van der Waals surface area contributed by atoms with E-state index in [1.165, 1.54) is 57.8 Å². The summed E-state index contributed by atoms with van der Waals surface area (Å²) >= 11 is 0. The molecular formula is C43H79NO8P+. The predicted octanol–water partition coefficient (Wildman–Crippen LogP) is 11.5. The molecule has 0 spiro atoms. The van der Waals surface area contributed by atoms with E-state index in [-0.39, 0.29) is 26.1 Å². The Hall–Kier alpha value is -2.03. The first-order valence-electron chi connectivity index (χ1n) is 20.9. The molecule has 0 aromatic carbocycles. The Morgan fingerprint density at radius 1 is 0.585 bits per heavy atom. The number of rotatable bonds is 37. The van der Waals surface area contributed by atoms with Crippen molar-refractivity contribution in [1.82, 2.24) is 0 Å². The summed E-state index contributed by atoms with van der Waals surface area (Å²) in [5.74, 6) is -0.857. The van der Waals surface area contributed by atoms with Gasteiger partial charge in [0.15, 0.2) is 6.10 Å². The molecule has 0 aliphatic carbocycles. The van der Waals surface area contributed by atoms with Gasteiger partial charge in [0.1, 0.15) is 19.8 Å². The largest absolute Gasteiger partial charge is 0.472 e. The van der Waals surface area contributed by atoms with Crippen molar-refractivity contribution in [3.63, 3.8) is 0 Å². The minimum atomic E-state index is -4.38. The number of carbonyl (C=O) groups excluding carboxylic acids is 2. The van der Waals surface area contributed by atoms with Gasteiger partial charge in [-0.15, -0.1) is 0 Å². The summed E-state index contributed by atoms with van der Waals surface area (Å²) in [7, 11) is 1.44. The van der Waals surface area contributed by atoms with Gasteiger partial charge in [-0.05, 0) is 77.0 Å². The van der Waals surface area contributed by atoms with Gasteiger partial charge >= 0.3 is 19.8 Å². The molecule has 0 fully saturated rings. The Kier molecular flexibility index (Phi) is 34.3. The fourth-order valence-electron chi connectivity index (χ4n) is 5.25. The van der Waals surface area contributed by atoms with Gasteiger partial charge in [0, 0.05) is 12.8 Å². The zero-order valence-electron chi connectivity index (χ0n) is 34.5. The van der Waals surface area contributed by atoms with E-state index >= 15 is 0 Å². The van der Waals surface area contributed by atoms with Crippen LogP contribution in [0.5, 0.6) is 0 Å². The monoisotopic (exact) mass is 769 g/mol. The third-order valence-electron chi connectivity index (χ3n) is 8.58. The molecule has 0 aromatic rings. The number of carbonyl (C=O) groups is 2. The summed E-state index contributed by atoms with van der Waals surface area (Å²) in [6.07, 6.45) is 40.1. The van der Waals surface area contributed by atoms with Crippen LogP contribution in [0, 0.1) is 0 Å². The molecule has 2 atom stereocenters. The smallest absolute Gasteiger partial charge is 0.462 e. The summed E-state index contributed by atoms with van der Waals surface area (Å²) in [4.78, 5) is 35.3. The lowest BCUT2D eigenvalue weighted by Crippen LogP contribution is -2.37. The molecule has 0 saturated carbocycles. The second-order valence-corrected chi connectivity index (χ2v) is 16.5. The maximum atomic E-state index is 12.6. The summed E-state index contributed by atoms with van der Waals surface area (Å²) in [5.41, 5.74) is 0. The quantitative estimate of drug-likeness (QED) is 0.0219. The highest BCUT2D eigenvalue weighted by molar-refractivity contribution is 7.47. The van der Waals surface area contributed by atoms with Crippen LogP contribution in [0.1, 0.15) is 162 Å². The number of allylic oxidation sites excluding steroid dienone is 8. The topological polar surface area (TPSA) is 108 Å². The second kappa shape index (κ2) is 35.7. The number of phosphoric acid groups is 1. The van der Waals surface area contributed by atoms with Crippen molar-refractivity contribution >= 4 is 19.8 Å². The number of unbranched alkanes of at least 4 members (excludes halogenated alkanes) is 15. The van der Waals surface area contributed by atoms with E-state index in [0.29, 0.717) is 23.9 Å². The third-order valence-corrected chi connectivity index (χ3v) is 9.57. The number of phosphoric ester groups is 1. The fourth-order valence-corrected chi connectivity index (χ4v) is 5.99. The molecule has 9 nitrogen and oxygen atoms in total. The first-order chi connectivity index (χ1) is 25.5. The Morgan fingerprint density at radius 2 is 1.02 bits per heavy atom. The van der Waals surface area contributed by atoms with Gasteiger partial charge in [0.2, 0.25) is 0 Å². The highest BCUT2D eigenvalue weighted by Gasteiger charge is 2.27. The van der Waals surface area contributed by atoms with Crippen molar-refractivity contribution in [2.75, 3.05) is 47.5 Å². The minimum Gasteiger partial charge on any atom is -0.462 e. The van der Waals surface area contributed by atoms with Gasteiger partial charge < -0.3 is 18.9 Å². The van der Waals surface area contributed by atoms with Crippen LogP contribution in [0.4, 0.5) is 0 Å². The van der Waals surface area contributed by atoms with E-state index in [1.54, 1.807) is 0 Å². The lowest BCUT2D eigenvalue weighted by atomic mass is 10.1. The van der Waals surface area contributed by atoms with E-state index in [1.807, 2.05) is 21.1 Å². The Balaban J connectivity index is 4.48. The molecule has 53 heavy (non-hydrogen) atoms. The van der Waals surface area contributed by atoms with Crippen LogP contribution in [0.2, 0.25) is 0 Å². The highest BCUT2D eigenvalue weighted by Crippen LogP contribution is 2.43. The van der Waals surface area contributed by atoms with Crippen molar-refractivity contribution in [2.45, 2.75) is 168 Å². The van der Waals surface area contributed by atoms with Crippen molar-refractivity contribution < 1.29 is 42.1 Å². The molecule has 0 amide bonds. The molecule has 0 aliphatic heterocycles. The van der Waals surface area contributed by atoms with Crippen molar-refractivity contribution in [1.29, 1.82) is 0 Å². The molecular weight excluding hydrogens is 689 g/mol. The third kappa shape index (κ3) is 39.5. The normalized spacial score (nSPS) is 14.2. The zero-order chi connectivity index (χ0) is 39.3. The van der Waals surface area contributed by atoms with Crippen LogP contribution in [-0.4, -0.2) is 74.9 Å². The number of hydrogen-bond donors (Lipinski definition) is 1. The van der Waals surface area contributed by atoms with Crippen LogP contribution < -0.4 is 0 Å². The average Bonchev–Trinajstić information content (AvgIpc) is 3.10. The van der Waals surface area contributed by atoms with Gasteiger partial charge in [0.25, 0.3) is 0 Å². The van der Waals surface area contributed by atoms with Crippen molar-refractivity contribution in [3.05, 3.63) is 48.6 Å². The van der Waals surface area contributed by atoms with Crippen LogP contribution in [0.3, 0.4) is 0 Å². The van der Waals surface area contributed by atoms with Crippen LogP contribution >= 0.6 is 7.82 Å². The fraction of sp³-hybridized carbons (Fsp3) is 0.767. The second-order valence-electron chi connectivity index (χ2n) is 15.0. The van der Waals surface area contributed by atoms with Gasteiger partial charge in [-0.1, -0.05) is 120 Å². The number of nitrogens with zero attached hydrogens (tertiary/aromatic N) is 1. The number of hydrogen-bond acceptors (Lipinski definition) is 7. The van der Waals surface area contributed by atoms with E-state index < -0.39 is 32.5 Å². The molecule has 10 heteroatoms. The number of quaternary nitrogens is 1. The molecule has 0 aliphatic rings. The number of ether oxygens (including phenoxy) is 2. The summed E-state index contributed by atoms with van der Waals surface area (Å²) in [6.45, 7) is 4.31. The van der Waals surface area contributed by atoms with E-state index in [4.69, 9.17) is 18.5 Å².